The SMILES string of the molecule is CN(C)c1ccc(-c2ccc3oc([C@H]4CCCN4C(=O)Cc4cccs4)nc3c2)cc1. The average molecular weight is 432 g/mol. The Morgan fingerprint density at radius 2 is 1.97 bits per heavy atom. The number of carbonyl (C=O) groups excluding carboxylic acids is 1. The Labute approximate surface area is 185 Å². The summed E-state index contributed by atoms with van der Waals surface area (Å²) in [6, 6.07) is 18.5. The van der Waals surface area contributed by atoms with E-state index in [0.29, 0.717) is 12.3 Å². The van der Waals surface area contributed by atoms with Crippen LogP contribution in [0.1, 0.15) is 29.7 Å². The number of oxazole rings is 1. The van der Waals surface area contributed by atoms with Crippen LogP contribution in [0.15, 0.2) is 64.4 Å². The maximum atomic E-state index is 12.9. The molecule has 1 aliphatic rings. The van der Waals surface area contributed by atoms with Crippen LogP contribution < -0.4 is 4.90 Å². The molecule has 31 heavy (non-hydrogen) atoms. The van der Waals surface area contributed by atoms with E-state index >= 15 is 0 Å². The van der Waals surface area contributed by atoms with Gasteiger partial charge in [0.25, 0.3) is 0 Å². The Morgan fingerprint density at radius 3 is 2.71 bits per heavy atom. The predicted molar refractivity (Wildman–Crippen MR) is 125 cm³/mol. The van der Waals surface area contributed by atoms with Crippen LogP contribution in [0.5, 0.6) is 0 Å². The maximum absolute atomic E-state index is 12.9. The molecule has 2 aromatic heterocycles. The summed E-state index contributed by atoms with van der Waals surface area (Å²) in [7, 11) is 4.07. The lowest BCUT2D eigenvalue weighted by Crippen LogP contribution is -2.31. The molecule has 5 nitrogen and oxygen atoms in total. The molecule has 0 radical (unpaired) electrons. The first-order valence-electron chi connectivity index (χ1n) is 10.6. The summed E-state index contributed by atoms with van der Waals surface area (Å²) in [5, 5.41) is 2.01. The molecule has 5 rings (SSSR count). The van der Waals surface area contributed by atoms with E-state index in [0.717, 1.165) is 46.5 Å². The van der Waals surface area contributed by atoms with Crippen LogP contribution in [0, 0.1) is 0 Å². The highest BCUT2D eigenvalue weighted by atomic mass is 32.1. The number of likely N-dealkylation sites (tertiary alicyclic amines) is 1. The molecule has 0 spiro atoms. The fourth-order valence-electron chi connectivity index (χ4n) is 4.21. The Morgan fingerprint density at radius 1 is 1.16 bits per heavy atom. The number of thiophene rings is 1. The van der Waals surface area contributed by atoms with Gasteiger partial charge in [0.05, 0.1) is 6.42 Å². The Bertz CT molecular complexity index is 1200. The summed E-state index contributed by atoms with van der Waals surface area (Å²) in [5.41, 5.74) is 5.02. The lowest BCUT2D eigenvalue weighted by molar-refractivity contribution is -0.131. The van der Waals surface area contributed by atoms with Crippen molar-refractivity contribution in [3.63, 3.8) is 0 Å². The van der Waals surface area contributed by atoms with Gasteiger partial charge in [-0.3, -0.25) is 4.79 Å². The van der Waals surface area contributed by atoms with Gasteiger partial charge in [-0.1, -0.05) is 24.3 Å². The lowest BCUT2D eigenvalue weighted by Gasteiger charge is -2.22. The number of fused-ring (bicyclic) bond motifs is 1. The van der Waals surface area contributed by atoms with E-state index in [2.05, 4.69) is 41.3 Å². The molecule has 1 saturated heterocycles. The zero-order chi connectivity index (χ0) is 21.4. The van der Waals surface area contributed by atoms with Gasteiger partial charge in [0.2, 0.25) is 11.8 Å². The third-order valence-electron chi connectivity index (χ3n) is 5.88. The standard InChI is InChI=1S/C25H25N3O2S/c1-27(2)19-10-7-17(8-11-19)18-9-12-23-21(15-18)26-25(30-23)22-6-3-13-28(22)24(29)16-20-5-4-14-31-20/h4-5,7-12,14-15,22H,3,6,13,16H2,1-2H3/t22-/m1/s1. The molecule has 6 heteroatoms. The van der Waals surface area contributed by atoms with Crippen LogP contribution in [-0.4, -0.2) is 36.4 Å². The number of amides is 1. The van der Waals surface area contributed by atoms with Crippen LogP contribution in [-0.2, 0) is 11.2 Å². The van der Waals surface area contributed by atoms with E-state index in [1.165, 1.54) is 5.69 Å². The van der Waals surface area contributed by atoms with E-state index < -0.39 is 0 Å². The molecule has 158 valence electrons. The largest absolute Gasteiger partial charge is 0.438 e. The van der Waals surface area contributed by atoms with Gasteiger partial charge in [-0.05, 0) is 59.7 Å². The van der Waals surface area contributed by atoms with Gasteiger partial charge in [0.1, 0.15) is 11.6 Å². The second kappa shape index (κ2) is 8.19. The van der Waals surface area contributed by atoms with Crippen molar-refractivity contribution >= 4 is 34.0 Å². The van der Waals surface area contributed by atoms with Gasteiger partial charge in [-0.25, -0.2) is 4.98 Å². The van der Waals surface area contributed by atoms with Crippen molar-refractivity contribution in [1.82, 2.24) is 9.88 Å². The maximum Gasteiger partial charge on any atom is 0.228 e. The molecular weight excluding hydrogens is 406 g/mol. The summed E-state index contributed by atoms with van der Waals surface area (Å²) in [4.78, 5) is 22.8. The molecule has 0 saturated carbocycles. The number of rotatable bonds is 5. The highest BCUT2D eigenvalue weighted by molar-refractivity contribution is 7.10. The third kappa shape index (κ3) is 3.95. The van der Waals surface area contributed by atoms with E-state index in [-0.39, 0.29) is 11.9 Å². The molecule has 2 aromatic carbocycles. The fraction of sp³-hybridized carbons (Fsp3) is 0.280. The van der Waals surface area contributed by atoms with Crippen molar-refractivity contribution in [3.8, 4) is 11.1 Å². The molecule has 0 N–H and O–H groups in total. The van der Waals surface area contributed by atoms with Crippen molar-refractivity contribution in [3.05, 3.63) is 70.7 Å². The van der Waals surface area contributed by atoms with Crippen molar-refractivity contribution in [2.75, 3.05) is 25.5 Å². The first kappa shape index (κ1) is 19.8. The lowest BCUT2D eigenvalue weighted by atomic mass is 10.0. The number of hydrogen-bond donors (Lipinski definition) is 0. The van der Waals surface area contributed by atoms with Crippen LogP contribution >= 0.6 is 11.3 Å². The van der Waals surface area contributed by atoms with Gasteiger partial charge >= 0.3 is 0 Å². The van der Waals surface area contributed by atoms with Gasteiger partial charge in [-0.2, -0.15) is 0 Å². The van der Waals surface area contributed by atoms with Crippen molar-refractivity contribution < 1.29 is 9.21 Å². The molecular formula is C25H25N3O2S. The highest BCUT2D eigenvalue weighted by Gasteiger charge is 2.33. The van der Waals surface area contributed by atoms with Crippen molar-refractivity contribution in [2.24, 2.45) is 0 Å². The fourth-order valence-corrected chi connectivity index (χ4v) is 4.90. The van der Waals surface area contributed by atoms with Gasteiger partial charge in [-0.15, -0.1) is 11.3 Å². The minimum absolute atomic E-state index is 0.0808. The van der Waals surface area contributed by atoms with Crippen molar-refractivity contribution in [2.45, 2.75) is 25.3 Å². The van der Waals surface area contributed by atoms with Gasteiger partial charge in [0, 0.05) is 31.2 Å². The summed E-state index contributed by atoms with van der Waals surface area (Å²) in [5.74, 6) is 0.793. The molecule has 1 atom stereocenters. The van der Waals surface area contributed by atoms with E-state index in [1.807, 2.05) is 42.6 Å². The zero-order valence-electron chi connectivity index (χ0n) is 17.7. The predicted octanol–water partition coefficient (Wildman–Crippen LogP) is 5.53. The van der Waals surface area contributed by atoms with E-state index in [4.69, 9.17) is 9.40 Å². The van der Waals surface area contributed by atoms with Crippen LogP contribution in [0.4, 0.5) is 5.69 Å². The van der Waals surface area contributed by atoms with Crippen LogP contribution in [0.3, 0.4) is 0 Å². The number of carbonyl (C=O) groups is 1. The van der Waals surface area contributed by atoms with Gasteiger partial charge in [0.15, 0.2) is 5.58 Å². The average Bonchev–Trinajstić information content (AvgIpc) is 3.53. The normalized spacial score (nSPS) is 16.2. The molecule has 4 aromatic rings. The molecule has 1 aliphatic heterocycles. The number of aromatic nitrogens is 1. The molecule has 0 unspecified atom stereocenters. The quantitative estimate of drug-likeness (QED) is 0.417. The Hall–Kier alpha value is -3.12. The highest BCUT2D eigenvalue weighted by Crippen LogP contribution is 2.35. The Balaban J connectivity index is 1.39. The minimum Gasteiger partial charge on any atom is -0.438 e. The number of anilines is 1. The Kier molecular flexibility index (Phi) is 5.24. The topological polar surface area (TPSA) is 49.6 Å². The molecule has 0 bridgehead atoms. The van der Waals surface area contributed by atoms with Gasteiger partial charge < -0.3 is 14.2 Å². The number of nitrogens with zero attached hydrogens (tertiary/aromatic N) is 3. The number of hydrogen-bond acceptors (Lipinski definition) is 5. The second-order valence-electron chi connectivity index (χ2n) is 8.18. The first-order valence-corrected chi connectivity index (χ1v) is 11.5. The monoisotopic (exact) mass is 431 g/mol. The molecule has 3 heterocycles. The molecule has 0 aliphatic carbocycles. The molecule has 1 amide bonds. The molecule has 1 fully saturated rings. The van der Waals surface area contributed by atoms with Crippen LogP contribution in [0.2, 0.25) is 0 Å². The summed E-state index contributed by atoms with van der Waals surface area (Å²) < 4.78 is 6.10. The minimum atomic E-state index is -0.0808. The van der Waals surface area contributed by atoms with E-state index in [1.54, 1.807) is 11.3 Å². The summed E-state index contributed by atoms with van der Waals surface area (Å²) >= 11 is 1.62. The summed E-state index contributed by atoms with van der Waals surface area (Å²) in [6.45, 7) is 0.761. The van der Waals surface area contributed by atoms with E-state index in [9.17, 15) is 4.79 Å². The third-order valence-corrected chi connectivity index (χ3v) is 6.76. The zero-order valence-corrected chi connectivity index (χ0v) is 18.6. The first-order chi connectivity index (χ1) is 15.1. The summed E-state index contributed by atoms with van der Waals surface area (Å²) in [6.07, 6.45) is 2.31. The number of benzene rings is 2. The smallest absolute Gasteiger partial charge is 0.228 e. The van der Waals surface area contributed by atoms with Crippen molar-refractivity contribution in [1.29, 1.82) is 0 Å². The second-order valence-corrected chi connectivity index (χ2v) is 9.21. The van der Waals surface area contributed by atoms with Crippen LogP contribution in [0.25, 0.3) is 22.2 Å².